The lowest BCUT2D eigenvalue weighted by molar-refractivity contribution is 0.0919. The molecule has 0 aliphatic heterocycles. The van der Waals surface area contributed by atoms with Gasteiger partial charge in [-0.15, -0.1) is 0 Å². The summed E-state index contributed by atoms with van der Waals surface area (Å²) in [7, 11) is -2.19. The Bertz CT molecular complexity index is 836. The maximum atomic E-state index is 12.4. The van der Waals surface area contributed by atoms with E-state index in [0.29, 0.717) is 17.0 Å². The number of benzene rings is 2. The summed E-state index contributed by atoms with van der Waals surface area (Å²) in [5, 5.41) is 2.85. The average molecular weight is 362 g/mol. The zero-order valence-electron chi connectivity index (χ0n) is 14.7. The van der Waals surface area contributed by atoms with E-state index < -0.39 is 10.0 Å². The highest BCUT2D eigenvalue weighted by Crippen LogP contribution is 2.19. The maximum absolute atomic E-state index is 12.4. The highest BCUT2D eigenvalue weighted by Gasteiger charge is 2.17. The van der Waals surface area contributed by atoms with Crippen molar-refractivity contribution in [1.82, 2.24) is 5.32 Å². The lowest BCUT2D eigenvalue weighted by Gasteiger charge is -2.20. The van der Waals surface area contributed by atoms with Crippen molar-refractivity contribution in [1.29, 1.82) is 0 Å². The number of hydrogen-bond acceptors (Lipinski definition) is 4. The molecule has 0 aliphatic rings. The Balaban J connectivity index is 2.13. The number of amides is 1. The third-order valence-corrected chi connectivity index (χ3v) is 4.65. The molecular weight excluding hydrogens is 340 g/mol. The van der Waals surface area contributed by atoms with Crippen LogP contribution in [0.2, 0.25) is 0 Å². The Morgan fingerprint density at radius 3 is 2.00 bits per heavy atom. The Morgan fingerprint density at radius 2 is 1.52 bits per heavy atom. The number of sulfonamides is 1. The molecule has 2 aromatic rings. The van der Waals surface area contributed by atoms with Crippen LogP contribution in [0.25, 0.3) is 0 Å². The maximum Gasteiger partial charge on any atom is 0.261 e. The van der Waals surface area contributed by atoms with Crippen molar-refractivity contribution < 1.29 is 17.9 Å². The number of anilines is 1. The molecule has 2 N–H and O–H groups in total. The standard InChI is InChI=1S/C18H22N2O4S/c1-18(2,3)19-17(21)13-5-7-14(8-6-13)20-25(22,23)16-11-9-15(24-4)10-12-16/h5-12,20H,1-4H3,(H,19,21). The largest absolute Gasteiger partial charge is 0.497 e. The summed E-state index contributed by atoms with van der Waals surface area (Å²) >= 11 is 0. The third kappa shape index (κ3) is 5.22. The van der Waals surface area contributed by atoms with Gasteiger partial charge in [-0.25, -0.2) is 8.42 Å². The summed E-state index contributed by atoms with van der Waals surface area (Å²) in [6.45, 7) is 5.67. The van der Waals surface area contributed by atoms with Gasteiger partial charge in [0.05, 0.1) is 12.0 Å². The molecule has 0 atom stereocenters. The highest BCUT2D eigenvalue weighted by molar-refractivity contribution is 7.92. The second-order valence-electron chi connectivity index (χ2n) is 6.56. The van der Waals surface area contributed by atoms with Gasteiger partial charge in [0.1, 0.15) is 5.75 Å². The number of ether oxygens (including phenoxy) is 1. The van der Waals surface area contributed by atoms with Gasteiger partial charge in [0, 0.05) is 16.8 Å². The van der Waals surface area contributed by atoms with E-state index in [9.17, 15) is 13.2 Å². The van der Waals surface area contributed by atoms with Crippen molar-refractivity contribution in [2.24, 2.45) is 0 Å². The van der Waals surface area contributed by atoms with Crippen LogP contribution in [0.5, 0.6) is 5.75 Å². The number of rotatable bonds is 5. The second kappa shape index (κ2) is 7.14. The van der Waals surface area contributed by atoms with Crippen molar-refractivity contribution in [2.75, 3.05) is 11.8 Å². The van der Waals surface area contributed by atoms with Crippen LogP contribution in [0.15, 0.2) is 53.4 Å². The van der Waals surface area contributed by atoms with Crippen LogP contribution in [-0.4, -0.2) is 27.0 Å². The number of nitrogens with one attached hydrogen (secondary N) is 2. The molecule has 0 saturated heterocycles. The minimum atomic E-state index is -3.71. The normalized spacial score (nSPS) is 11.7. The number of hydrogen-bond donors (Lipinski definition) is 2. The molecule has 0 heterocycles. The number of methoxy groups -OCH3 is 1. The van der Waals surface area contributed by atoms with Gasteiger partial charge in [-0.2, -0.15) is 0 Å². The molecule has 134 valence electrons. The Hall–Kier alpha value is -2.54. The Kier molecular flexibility index (Phi) is 5.37. The lowest BCUT2D eigenvalue weighted by Crippen LogP contribution is -2.40. The van der Waals surface area contributed by atoms with E-state index in [-0.39, 0.29) is 16.3 Å². The predicted octanol–water partition coefficient (Wildman–Crippen LogP) is 3.02. The summed E-state index contributed by atoms with van der Waals surface area (Å²) in [5.41, 5.74) is 0.497. The first kappa shape index (κ1) is 18.8. The SMILES string of the molecule is COc1ccc(S(=O)(=O)Nc2ccc(C(=O)NC(C)(C)C)cc2)cc1. The van der Waals surface area contributed by atoms with E-state index in [1.54, 1.807) is 36.4 Å². The van der Waals surface area contributed by atoms with Crippen LogP contribution < -0.4 is 14.8 Å². The molecule has 1 amide bonds. The molecule has 7 heteroatoms. The minimum absolute atomic E-state index is 0.128. The van der Waals surface area contributed by atoms with Crippen molar-refractivity contribution in [3.05, 3.63) is 54.1 Å². The molecule has 0 radical (unpaired) electrons. The van der Waals surface area contributed by atoms with E-state index >= 15 is 0 Å². The predicted molar refractivity (Wildman–Crippen MR) is 97.5 cm³/mol. The van der Waals surface area contributed by atoms with E-state index in [1.165, 1.54) is 19.2 Å². The first-order valence-corrected chi connectivity index (χ1v) is 9.18. The minimum Gasteiger partial charge on any atom is -0.497 e. The Morgan fingerprint density at radius 1 is 0.960 bits per heavy atom. The molecular formula is C18H22N2O4S. The molecule has 2 aromatic carbocycles. The zero-order valence-corrected chi connectivity index (χ0v) is 15.5. The van der Waals surface area contributed by atoms with Gasteiger partial charge < -0.3 is 10.1 Å². The van der Waals surface area contributed by atoms with Crippen LogP contribution in [-0.2, 0) is 10.0 Å². The van der Waals surface area contributed by atoms with Gasteiger partial charge in [-0.1, -0.05) is 0 Å². The summed E-state index contributed by atoms with van der Waals surface area (Å²) in [6, 6.07) is 12.3. The smallest absolute Gasteiger partial charge is 0.261 e. The number of carbonyl (C=O) groups is 1. The van der Waals surface area contributed by atoms with Crippen molar-refractivity contribution in [3.8, 4) is 5.75 Å². The fraction of sp³-hybridized carbons (Fsp3) is 0.278. The molecule has 6 nitrogen and oxygen atoms in total. The van der Waals surface area contributed by atoms with Gasteiger partial charge in [0.25, 0.3) is 15.9 Å². The molecule has 0 bridgehead atoms. The zero-order chi connectivity index (χ0) is 18.7. The first-order chi connectivity index (χ1) is 11.6. The fourth-order valence-corrected chi connectivity index (χ4v) is 3.13. The quantitative estimate of drug-likeness (QED) is 0.856. The number of carbonyl (C=O) groups excluding carboxylic acids is 1. The van der Waals surface area contributed by atoms with Crippen LogP contribution in [0.4, 0.5) is 5.69 Å². The average Bonchev–Trinajstić information content (AvgIpc) is 2.53. The van der Waals surface area contributed by atoms with Gasteiger partial charge in [-0.05, 0) is 69.3 Å². The van der Waals surface area contributed by atoms with Crippen LogP contribution in [0, 0.1) is 0 Å². The van der Waals surface area contributed by atoms with E-state index in [1.807, 2.05) is 20.8 Å². The first-order valence-electron chi connectivity index (χ1n) is 7.70. The van der Waals surface area contributed by atoms with Gasteiger partial charge in [-0.3, -0.25) is 9.52 Å². The highest BCUT2D eigenvalue weighted by atomic mass is 32.2. The molecule has 0 aliphatic carbocycles. The van der Waals surface area contributed by atoms with Crippen LogP contribution >= 0.6 is 0 Å². The lowest BCUT2D eigenvalue weighted by atomic mass is 10.1. The summed E-state index contributed by atoms with van der Waals surface area (Å²) < 4.78 is 32.3. The van der Waals surface area contributed by atoms with Gasteiger partial charge in [0.15, 0.2) is 0 Å². The molecule has 25 heavy (non-hydrogen) atoms. The van der Waals surface area contributed by atoms with E-state index in [2.05, 4.69) is 10.0 Å². The summed E-state index contributed by atoms with van der Waals surface area (Å²) in [6.07, 6.45) is 0. The van der Waals surface area contributed by atoms with Crippen LogP contribution in [0.3, 0.4) is 0 Å². The molecule has 0 saturated carbocycles. The molecule has 0 fully saturated rings. The monoisotopic (exact) mass is 362 g/mol. The topological polar surface area (TPSA) is 84.5 Å². The van der Waals surface area contributed by atoms with E-state index in [0.717, 1.165) is 0 Å². The van der Waals surface area contributed by atoms with Crippen molar-refractivity contribution >= 4 is 21.6 Å². The molecule has 0 aromatic heterocycles. The Labute approximate surface area is 148 Å². The van der Waals surface area contributed by atoms with Crippen LogP contribution in [0.1, 0.15) is 31.1 Å². The summed E-state index contributed by atoms with van der Waals surface area (Å²) in [5.74, 6) is 0.366. The molecule has 0 unspecified atom stereocenters. The van der Waals surface area contributed by atoms with Crippen molar-refractivity contribution in [3.63, 3.8) is 0 Å². The third-order valence-electron chi connectivity index (χ3n) is 3.26. The van der Waals surface area contributed by atoms with Gasteiger partial charge in [0.2, 0.25) is 0 Å². The molecule has 0 spiro atoms. The second-order valence-corrected chi connectivity index (χ2v) is 8.24. The van der Waals surface area contributed by atoms with Gasteiger partial charge >= 0.3 is 0 Å². The molecule has 2 rings (SSSR count). The fourth-order valence-electron chi connectivity index (χ4n) is 2.07. The van der Waals surface area contributed by atoms with Crippen molar-refractivity contribution in [2.45, 2.75) is 31.2 Å². The summed E-state index contributed by atoms with van der Waals surface area (Å²) in [4.78, 5) is 12.2. The van der Waals surface area contributed by atoms with E-state index in [4.69, 9.17) is 4.74 Å².